The Hall–Kier alpha value is -1.03. The molecule has 2 heterocycles. The van der Waals surface area contributed by atoms with Crippen LogP contribution in [0.1, 0.15) is 16.5 Å². The molecule has 1 aromatic carbocycles. The molecule has 0 saturated heterocycles. The molecule has 4 heteroatoms. The number of thiophene rings is 1. The van der Waals surface area contributed by atoms with E-state index in [0.29, 0.717) is 0 Å². The number of rotatable bonds is 2. The smallest absolute Gasteiger partial charge is 0.123 e. The van der Waals surface area contributed by atoms with Crippen molar-refractivity contribution in [1.29, 1.82) is 0 Å². The summed E-state index contributed by atoms with van der Waals surface area (Å²) in [5.74, 6) is 0.945. The molecule has 0 aliphatic carbocycles. The fourth-order valence-electron chi connectivity index (χ4n) is 2.12. The molecule has 2 nitrogen and oxygen atoms in total. The Morgan fingerprint density at radius 2 is 2.18 bits per heavy atom. The monoisotopic (exact) mass is 265 g/mol. The van der Waals surface area contributed by atoms with Gasteiger partial charge in [0.25, 0.3) is 0 Å². The zero-order chi connectivity index (χ0) is 11.8. The van der Waals surface area contributed by atoms with Gasteiger partial charge in [-0.05, 0) is 23.1 Å². The van der Waals surface area contributed by atoms with E-state index >= 15 is 0 Å². The largest absolute Gasteiger partial charge is 0.488 e. The first-order chi connectivity index (χ1) is 8.25. The summed E-state index contributed by atoms with van der Waals surface area (Å²) < 4.78 is 5.87. The van der Waals surface area contributed by atoms with Crippen molar-refractivity contribution in [3.63, 3.8) is 0 Å². The third-order valence-electron chi connectivity index (χ3n) is 3.02. The molecule has 0 spiro atoms. The molecule has 1 aliphatic heterocycles. The van der Waals surface area contributed by atoms with Crippen molar-refractivity contribution in [2.24, 2.45) is 5.73 Å². The number of nitrogens with two attached hydrogens (primary N) is 1. The summed E-state index contributed by atoms with van der Waals surface area (Å²) in [6, 6.07) is 9.79. The second kappa shape index (κ2) is 4.33. The minimum Gasteiger partial charge on any atom is -0.488 e. The summed E-state index contributed by atoms with van der Waals surface area (Å²) >= 11 is 7.69. The van der Waals surface area contributed by atoms with E-state index in [1.807, 2.05) is 29.6 Å². The molecule has 2 atom stereocenters. The molecule has 0 radical (unpaired) electrons. The van der Waals surface area contributed by atoms with Gasteiger partial charge in [-0.25, -0.2) is 0 Å². The lowest BCUT2D eigenvalue weighted by Gasteiger charge is -2.18. The number of halogens is 1. The third kappa shape index (κ3) is 1.95. The van der Waals surface area contributed by atoms with Crippen molar-refractivity contribution in [2.75, 3.05) is 0 Å². The Kier molecular flexibility index (Phi) is 2.82. The molecule has 1 aliphatic rings. The Bertz CT molecular complexity index is 515. The van der Waals surface area contributed by atoms with Gasteiger partial charge in [-0.2, -0.15) is 0 Å². The Balaban J connectivity index is 1.83. The van der Waals surface area contributed by atoms with Crippen molar-refractivity contribution in [3.05, 3.63) is 51.2 Å². The van der Waals surface area contributed by atoms with Crippen LogP contribution < -0.4 is 10.5 Å². The van der Waals surface area contributed by atoms with Crippen molar-refractivity contribution in [3.8, 4) is 5.75 Å². The van der Waals surface area contributed by atoms with Gasteiger partial charge >= 0.3 is 0 Å². The van der Waals surface area contributed by atoms with Crippen LogP contribution in [0.25, 0.3) is 0 Å². The van der Waals surface area contributed by atoms with Gasteiger partial charge in [-0.3, -0.25) is 0 Å². The molecule has 17 heavy (non-hydrogen) atoms. The minimum absolute atomic E-state index is 0.0106. The van der Waals surface area contributed by atoms with Crippen LogP contribution in [0.3, 0.4) is 0 Å². The standard InChI is InChI=1S/C13H12ClNOS/c14-9-5-6-17-13(9)12(15)11-7-8-3-1-2-4-10(8)16-11/h1-6,11-12H,7,15H2. The number of benzene rings is 1. The summed E-state index contributed by atoms with van der Waals surface area (Å²) in [5.41, 5.74) is 7.45. The van der Waals surface area contributed by atoms with Gasteiger partial charge in [0.15, 0.2) is 0 Å². The van der Waals surface area contributed by atoms with Crippen molar-refractivity contribution in [2.45, 2.75) is 18.6 Å². The number of hydrogen-bond donors (Lipinski definition) is 1. The normalized spacial score (nSPS) is 19.8. The lowest BCUT2D eigenvalue weighted by molar-refractivity contribution is 0.201. The summed E-state index contributed by atoms with van der Waals surface area (Å²) in [7, 11) is 0. The predicted molar refractivity (Wildman–Crippen MR) is 70.8 cm³/mol. The molecule has 2 N–H and O–H groups in total. The van der Waals surface area contributed by atoms with Crippen molar-refractivity contribution >= 4 is 22.9 Å². The highest BCUT2D eigenvalue weighted by Gasteiger charge is 2.30. The highest BCUT2D eigenvalue weighted by molar-refractivity contribution is 7.10. The maximum Gasteiger partial charge on any atom is 0.123 e. The van der Waals surface area contributed by atoms with Crippen LogP contribution in [0.2, 0.25) is 5.02 Å². The average Bonchev–Trinajstić information content (AvgIpc) is 2.93. The molecular weight excluding hydrogens is 254 g/mol. The number of fused-ring (bicyclic) bond motifs is 1. The highest BCUT2D eigenvalue weighted by atomic mass is 35.5. The number of para-hydroxylation sites is 1. The van der Waals surface area contributed by atoms with Gasteiger partial charge in [0, 0.05) is 11.3 Å². The van der Waals surface area contributed by atoms with Gasteiger partial charge in [0.2, 0.25) is 0 Å². The van der Waals surface area contributed by atoms with Crippen LogP contribution in [0, 0.1) is 0 Å². The molecule has 2 aromatic rings. The van der Waals surface area contributed by atoms with Gasteiger partial charge in [-0.15, -0.1) is 11.3 Å². The lowest BCUT2D eigenvalue weighted by atomic mass is 10.0. The quantitative estimate of drug-likeness (QED) is 0.903. The lowest BCUT2D eigenvalue weighted by Crippen LogP contribution is -2.29. The van der Waals surface area contributed by atoms with Crippen molar-refractivity contribution in [1.82, 2.24) is 0 Å². The SMILES string of the molecule is NC(c1sccc1Cl)C1Cc2ccccc2O1. The van der Waals surface area contributed by atoms with Gasteiger partial charge in [-0.1, -0.05) is 29.8 Å². The number of hydrogen-bond acceptors (Lipinski definition) is 3. The second-order valence-electron chi connectivity index (χ2n) is 4.13. The summed E-state index contributed by atoms with van der Waals surface area (Å²) in [6.07, 6.45) is 0.842. The van der Waals surface area contributed by atoms with Crippen LogP contribution in [0.5, 0.6) is 5.75 Å². The Morgan fingerprint density at radius 1 is 1.35 bits per heavy atom. The van der Waals surface area contributed by atoms with E-state index in [4.69, 9.17) is 22.1 Å². The number of ether oxygens (including phenoxy) is 1. The molecular formula is C13H12ClNOS. The zero-order valence-electron chi connectivity index (χ0n) is 9.10. The molecule has 0 amide bonds. The van der Waals surface area contributed by atoms with E-state index < -0.39 is 0 Å². The topological polar surface area (TPSA) is 35.2 Å². The molecule has 88 valence electrons. The molecule has 3 rings (SSSR count). The van der Waals surface area contributed by atoms with E-state index in [1.54, 1.807) is 11.3 Å². The predicted octanol–water partition coefficient (Wildman–Crippen LogP) is 3.41. The summed E-state index contributed by atoms with van der Waals surface area (Å²) in [6.45, 7) is 0. The van der Waals surface area contributed by atoms with E-state index in [2.05, 4.69) is 6.07 Å². The Labute approximate surface area is 109 Å². The second-order valence-corrected chi connectivity index (χ2v) is 5.48. The summed E-state index contributed by atoms with van der Waals surface area (Å²) in [4.78, 5) is 1.00. The van der Waals surface area contributed by atoms with E-state index in [0.717, 1.165) is 22.1 Å². The van der Waals surface area contributed by atoms with Crippen LogP contribution >= 0.6 is 22.9 Å². The first-order valence-corrected chi connectivity index (χ1v) is 6.74. The first-order valence-electron chi connectivity index (χ1n) is 5.49. The van der Waals surface area contributed by atoms with Crippen LogP contribution in [0.15, 0.2) is 35.7 Å². The van der Waals surface area contributed by atoms with Crippen molar-refractivity contribution < 1.29 is 4.74 Å². The fourth-order valence-corrected chi connectivity index (χ4v) is 3.36. The van der Waals surface area contributed by atoms with Crippen LogP contribution in [-0.4, -0.2) is 6.10 Å². The van der Waals surface area contributed by atoms with Gasteiger partial charge in [0.05, 0.1) is 11.1 Å². The average molecular weight is 266 g/mol. The van der Waals surface area contributed by atoms with E-state index in [9.17, 15) is 0 Å². The third-order valence-corrected chi connectivity index (χ3v) is 4.48. The molecule has 0 saturated carbocycles. The maximum atomic E-state index is 6.23. The maximum absolute atomic E-state index is 6.23. The minimum atomic E-state index is -0.158. The van der Waals surface area contributed by atoms with Gasteiger partial charge < -0.3 is 10.5 Å². The van der Waals surface area contributed by atoms with Crippen LogP contribution in [-0.2, 0) is 6.42 Å². The van der Waals surface area contributed by atoms with E-state index in [1.165, 1.54) is 5.56 Å². The molecule has 0 bridgehead atoms. The summed E-state index contributed by atoms with van der Waals surface area (Å²) in [5, 5.41) is 2.70. The molecule has 1 aromatic heterocycles. The molecule has 0 fully saturated rings. The zero-order valence-corrected chi connectivity index (χ0v) is 10.7. The first kappa shape index (κ1) is 11.1. The fraction of sp³-hybridized carbons (Fsp3) is 0.231. The Morgan fingerprint density at radius 3 is 2.88 bits per heavy atom. The van der Waals surface area contributed by atoms with Gasteiger partial charge in [0.1, 0.15) is 11.9 Å². The van der Waals surface area contributed by atoms with E-state index in [-0.39, 0.29) is 12.1 Å². The molecule has 2 unspecified atom stereocenters. The van der Waals surface area contributed by atoms with Crippen LogP contribution in [0.4, 0.5) is 0 Å². The highest BCUT2D eigenvalue weighted by Crippen LogP contribution is 2.36.